The first-order valence-corrected chi connectivity index (χ1v) is 12.7. The van der Waals surface area contributed by atoms with Crippen LogP contribution in [0.25, 0.3) is 11.3 Å². The third-order valence-corrected chi connectivity index (χ3v) is 6.82. The van der Waals surface area contributed by atoms with Crippen LogP contribution in [0.1, 0.15) is 41.4 Å². The average molecular weight is 536 g/mol. The van der Waals surface area contributed by atoms with Gasteiger partial charge in [-0.25, -0.2) is 19.3 Å². The summed E-state index contributed by atoms with van der Waals surface area (Å²) in [6.45, 7) is 2.34. The van der Waals surface area contributed by atoms with E-state index in [-0.39, 0.29) is 25.0 Å². The lowest BCUT2D eigenvalue weighted by atomic mass is 9.90. The predicted octanol–water partition coefficient (Wildman–Crippen LogP) is 2.13. The molecule has 39 heavy (non-hydrogen) atoms. The summed E-state index contributed by atoms with van der Waals surface area (Å²) in [5.41, 5.74) is 9.71. The number of piperidine rings is 1. The number of aliphatic hydroxyl groups is 1. The molecule has 4 N–H and O–H groups in total. The molecule has 0 spiro atoms. The Hall–Kier alpha value is -4.32. The summed E-state index contributed by atoms with van der Waals surface area (Å²) in [6.07, 6.45) is 1.29. The van der Waals surface area contributed by atoms with Crippen molar-refractivity contribution < 1.29 is 23.9 Å². The van der Waals surface area contributed by atoms with Crippen LogP contribution in [0.4, 0.5) is 10.3 Å². The molecule has 0 aliphatic carbocycles. The topological polar surface area (TPSA) is 148 Å². The van der Waals surface area contributed by atoms with Gasteiger partial charge >= 0.3 is 0 Å². The number of ether oxygens (including phenoxy) is 1. The molecule has 1 saturated heterocycles. The molecule has 12 heteroatoms. The molecular weight excluding hydrogens is 505 g/mol. The van der Waals surface area contributed by atoms with Gasteiger partial charge in [0.2, 0.25) is 11.8 Å². The number of nitrogens with zero attached hydrogens (tertiary/aromatic N) is 5. The van der Waals surface area contributed by atoms with Gasteiger partial charge in [-0.3, -0.25) is 4.79 Å². The van der Waals surface area contributed by atoms with Crippen molar-refractivity contribution >= 4 is 17.7 Å². The lowest BCUT2D eigenvalue weighted by Gasteiger charge is -2.30. The van der Waals surface area contributed by atoms with Crippen LogP contribution in [0.3, 0.4) is 0 Å². The first-order valence-electron chi connectivity index (χ1n) is 12.7. The Morgan fingerprint density at radius 3 is 2.92 bits per heavy atom. The fraction of sp³-hybridized carbons (Fsp3) is 0.370. The Kier molecular flexibility index (Phi) is 7.55. The molecule has 2 aromatic heterocycles. The highest BCUT2D eigenvalue weighted by molar-refractivity contribution is 6.01. The molecule has 4 heterocycles. The first kappa shape index (κ1) is 26.3. The Labute approximate surface area is 224 Å². The van der Waals surface area contributed by atoms with Crippen LogP contribution in [-0.4, -0.2) is 69.6 Å². The molecule has 0 unspecified atom stereocenters. The largest absolute Gasteiger partial charge is 0.481 e. The molecule has 2 aliphatic heterocycles. The van der Waals surface area contributed by atoms with Crippen molar-refractivity contribution in [2.24, 2.45) is 5.16 Å². The van der Waals surface area contributed by atoms with E-state index >= 15 is 0 Å². The third-order valence-electron chi connectivity index (χ3n) is 6.82. The molecule has 1 fully saturated rings. The lowest BCUT2D eigenvalue weighted by molar-refractivity contribution is -0.139. The minimum absolute atomic E-state index is 0.125. The van der Waals surface area contributed by atoms with E-state index in [9.17, 15) is 14.3 Å². The number of fused-ring (bicyclic) bond motifs is 1. The number of pyridine rings is 1. The molecule has 2 aliphatic rings. The summed E-state index contributed by atoms with van der Waals surface area (Å²) < 4.78 is 19.7. The number of anilines is 1. The van der Waals surface area contributed by atoms with Gasteiger partial charge in [-0.15, -0.1) is 0 Å². The predicted molar refractivity (Wildman–Crippen MR) is 141 cm³/mol. The number of methoxy groups -OCH3 is 1. The third kappa shape index (κ3) is 5.75. The van der Waals surface area contributed by atoms with E-state index in [0.29, 0.717) is 59.3 Å². The van der Waals surface area contributed by atoms with Gasteiger partial charge in [-0.05, 0) is 43.5 Å². The average Bonchev–Trinajstić information content (AvgIpc) is 2.92. The fourth-order valence-electron chi connectivity index (χ4n) is 5.01. The molecule has 0 radical (unpaired) electrons. The zero-order chi connectivity index (χ0) is 27.5. The molecule has 11 nitrogen and oxygen atoms in total. The molecule has 1 aromatic carbocycles. The van der Waals surface area contributed by atoms with Crippen molar-refractivity contribution in [3.05, 3.63) is 64.7 Å². The number of likely N-dealkylation sites (tertiary alicyclic amines) is 1. The van der Waals surface area contributed by atoms with Crippen LogP contribution in [0.15, 0.2) is 41.6 Å². The highest BCUT2D eigenvalue weighted by Crippen LogP contribution is 2.34. The monoisotopic (exact) mass is 535 g/mol. The van der Waals surface area contributed by atoms with Crippen LogP contribution in [-0.2, 0) is 16.1 Å². The number of amides is 1. The number of aliphatic hydroxyl groups excluding tert-OH is 1. The zero-order valence-electron chi connectivity index (χ0n) is 21.7. The zero-order valence-corrected chi connectivity index (χ0v) is 21.7. The van der Waals surface area contributed by atoms with Crippen LogP contribution in [0.2, 0.25) is 0 Å². The standard InChI is InChI=1S/C27H30FN7O4/c1-15-25-22(33-27(29)30-15)12-21(32-26(25)34-39-14-24(37)35-10-4-5-17(36)13-35)18-9-8-16(28)11-19(18)20-6-3-7-23(31-20)38-2/h3,6-9,11,17,21,36H,4-5,10,12-14H2,1-2H3,(H,32,34)(H2,29,30,33)/t17-,21+/m0/s1. The van der Waals surface area contributed by atoms with Gasteiger partial charge in [0, 0.05) is 31.1 Å². The summed E-state index contributed by atoms with van der Waals surface area (Å²) in [4.78, 5) is 32.9. The number of nitrogens with two attached hydrogens (primary N) is 1. The highest BCUT2D eigenvalue weighted by Gasteiger charge is 2.31. The van der Waals surface area contributed by atoms with Crippen molar-refractivity contribution in [2.75, 3.05) is 32.5 Å². The van der Waals surface area contributed by atoms with Gasteiger partial charge in [0.1, 0.15) is 5.82 Å². The van der Waals surface area contributed by atoms with Gasteiger partial charge < -0.3 is 30.6 Å². The SMILES string of the molecule is COc1cccc(-c2cc(F)ccc2[C@H]2Cc3nc(N)nc(C)c3/C(=N/OCC(=O)N3CCC[C@H](O)C3)N2)n1. The van der Waals surface area contributed by atoms with Crippen LogP contribution in [0, 0.1) is 12.7 Å². The van der Waals surface area contributed by atoms with E-state index < -0.39 is 18.0 Å². The summed E-state index contributed by atoms with van der Waals surface area (Å²) in [5.74, 6) is 0.192. The number of aromatic nitrogens is 3. The normalized spacial score (nSPS) is 19.8. The number of nitrogens with one attached hydrogen (secondary N) is 1. The number of benzene rings is 1. The number of amidine groups is 1. The summed E-state index contributed by atoms with van der Waals surface area (Å²) >= 11 is 0. The van der Waals surface area contributed by atoms with Crippen molar-refractivity contribution in [1.82, 2.24) is 25.2 Å². The van der Waals surface area contributed by atoms with E-state index in [4.69, 9.17) is 15.3 Å². The Bertz CT molecular complexity index is 1420. The molecule has 2 atom stereocenters. The quantitative estimate of drug-likeness (QED) is 0.404. The Morgan fingerprint density at radius 1 is 1.28 bits per heavy atom. The van der Waals surface area contributed by atoms with Crippen molar-refractivity contribution in [3.63, 3.8) is 0 Å². The number of nitrogen functional groups attached to an aromatic ring is 1. The molecule has 0 saturated carbocycles. The van der Waals surface area contributed by atoms with Crippen molar-refractivity contribution in [2.45, 2.75) is 38.3 Å². The number of hydrogen-bond donors (Lipinski definition) is 3. The summed E-state index contributed by atoms with van der Waals surface area (Å²) in [6, 6.07) is 9.38. The Balaban J connectivity index is 1.47. The maximum Gasteiger partial charge on any atom is 0.263 e. The molecular formula is C27H30FN7O4. The maximum atomic E-state index is 14.4. The molecule has 0 bridgehead atoms. The van der Waals surface area contributed by atoms with E-state index in [1.807, 2.05) is 0 Å². The number of carbonyl (C=O) groups is 1. The minimum Gasteiger partial charge on any atom is -0.481 e. The molecule has 5 rings (SSSR count). The highest BCUT2D eigenvalue weighted by atomic mass is 19.1. The number of β-amino-alcohol motifs (C(OH)–C–C–N with tert-alkyl or cyclic N) is 1. The van der Waals surface area contributed by atoms with Gasteiger partial charge in [0.25, 0.3) is 5.91 Å². The van der Waals surface area contributed by atoms with Crippen molar-refractivity contribution in [1.29, 1.82) is 0 Å². The number of aryl methyl sites for hydroxylation is 1. The van der Waals surface area contributed by atoms with Gasteiger partial charge in [-0.1, -0.05) is 17.3 Å². The van der Waals surface area contributed by atoms with E-state index in [0.717, 1.165) is 12.0 Å². The van der Waals surface area contributed by atoms with Gasteiger partial charge in [0.15, 0.2) is 12.4 Å². The lowest BCUT2D eigenvalue weighted by Crippen LogP contribution is -2.43. The minimum atomic E-state index is -0.532. The van der Waals surface area contributed by atoms with Crippen LogP contribution >= 0.6 is 0 Å². The van der Waals surface area contributed by atoms with E-state index in [1.54, 1.807) is 36.1 Å². The van der Waals surface area contributed by atoms with Crippen LogP contribution in [0.5, 0.6) is 5.88 Å². The number of carbonyl (C=O) groups excluding carboxylic acids is 1. The second-order valence-electron chi connectivity index (χ2n) is 9.54. The number of rotatable bonds is 6. The van der Waals surface area contributed by atoms with E-state index in [1.165, 1.54) is 19.2 Å². The summed E-state index contributed by atoms with van der Waals surface area (Å²) in [5, 5.41) is 17.5. The molecule has 3 aromatic rings. The number of halogens is 1. The second kappa shape index (κ2) is 11.2. The molecule has 204 valence electrons. The van der Waals surface area contributed by atoms with Crippen molar-refractivity contribution in [3.8, 4) is 17.1 Å². The smallest absolute Gasteiger partial charge is 0.263 e. The fourth-order valence-corrected chi connectivity index (χ4v) is 5.01. The molecule has 1 amide bonds. The first-order chi connectivity index (χ1) is 18.8. The van der Waals surface area contributed by atoms with Gasteiger partial charge in [-0.2, -0.15) is 0 Å². The van der Waals surface area contributed by atoms with Crippen LogP contribution < -0.4 is 15.8 Å². The maximum absolute atomic E-state index is 14.4. The number of oxime groups is 1. The second-order valence-corrected chi connectivity index (χ2v) is 9.54. The van der Waals surface area contributed by atoms with Gasteiger partial charge in [0.05, 0.1) is 41.9 Å². The number of hydrogen-bond acceptors (Lipinski definition) is 9. The van der Waals surface area contributed by atoms with E-state index in [2.05, 4.69) is 25.4 Å². The summed E-state index contributed by atoms with van der Waals surface area (Å²) in [7, 11) is 1.52. The Morgan fingerprint density at radius 2 is 2.13 bits per heavy atom.